The van der Waals surface area contributed by atoms with Crippen LogP contribution in [-0.4, -0.2) is 37.5 Å². The SMILES string of the molecule is N#Cc1ccc(S(=O)(=O)N2CC(CO)C2)cc1. The standard InChI is InChI=1S/C11H12N2O3S/c12-5-9-1-3-11(4-2-9)17(15,16)13-6-10(7-13)8-14/h1-4,10,14H,6-8H2. The molecule has 2 rings (SSSR count). The van der Waals surface area contributed by atoms with Crippen molar-refractivity contribution < 1.29 is 13.5 Å². The molecule has 17 heavy (non-hydrogen) atoms. The Morgan fingerprint density at radius 1 is 1.35 bits per heavy atom. The summed E-state index contributed by atoms with van der Waals surface area (Å²) in [5, 5.41) is 17.5. The maximum Gasteiger partial charge on any atom is 0.243 e. The summed E-state index contributed by atoms with van der Waals surface area (Å²) in [5.41, 5.74) is 0.431. The fourth-order valence-electron chi connectivity index (χ4n) is 1.68. The molecule has 0 aromatic heterocycles. The molecule has 90 valence electrons. The number of aliphatic hydroxyl groups is 1. The molecule has 1 aromatic rings. The molecule has 1 saturated heterocycles. The van der Waals surface area contributed by atoms with Gasteiger partial charge in [0.1, 0.15) is 0 Å². The third-order valence-corrected chi connectivity index (χ3v) is 4.65. The lowest BCUT2D eigenvalue weighted by atomic mass is 10.1. The highest BCUT2D eigenvalue weighted by atomic mass is 32.2. The van der Waals surface area contributed by atoms with Crippen molar-refractivity contribution in [3.05, 3.63) is 29.8 Å². The number of benzene rings is 1. The Kier molecular flexibility index (Phi) is 3.15. The van der Waals surface area contributed by atoms with Gasteiger partial charge in [0.25, 0.3) is 0 Å². The van der Waals surface area contributed by atoms with Crippen LogP contribution in [0.1, 0.15) is 5.56 Å². The maximum atomic E-state index is 12.0. The van der Waals surface area contributed by atoms with Gasteiger partial charge in [-0.2, -0.15) is 9.57 Å². The summed E-state index contributed by atoms with van der Waals surface area (Å²) >= 11 is 0. The Hall–Kier alpha value is -1.42. The average Bonchev–Trinajstić information content (AvgIpc) is 2.27. The van der Waals surface area contributed by atoms with Gasteiger partial charge in [0.2, 0.25) is 10.0 Å². The molecule has 0 saturated carbocycles. The van der Waals surface area contributed by atoms with E-state index >= 15 is 0 Å². The fourth-order valence-corrected chi connectivity index (χ4v) is 3.28. The molecule has 6 heteroatoms. The zero-order valence-electron chi connectivity index (χ0n) is 9.07. The number of aliphatic hydroxyl groups excluding tert-OH is 1. The highest BCUT2D eigenvalue weighted by Gasteiger charge is 2.36. The van der Waals surface area contributed by atoms with E-state index in [2.05, 4.69) is 0 Å². The Morgan fingerprint density at radius 2 is 1.94 bits per heavy atom. The molecule has 0 radical (unpaired) electrons. The number of nitriles is 1. The molecule has 1 heterocycles. The quantitative estimate of drug-likeness (QED) is 0.831. The summed E-state index contributed by atoms with van der Waals surface area (Å²) in [6.45, 7) is 0.733. The van der Waals surface area contributed by atoms with Crippen LogP contribution in [0.15, 0.2) is 29.2 Å². The molecule has 1 aromatic carbocycles. The Morgan fingerprint density at radius 3 is 2.41 bits per heavy atom. The molecular weight excluding hydrogens is 240 g/mol. The number of hydrogen-bond donors (Lipinski definition) is 1. The normalized spacial score (nSPS) is 17.4. The van der Waals surface area contributed by atoms with Crippen LogP contribution in [0.5, 0.6) is 0 Å². The van der Waals surface area contributed by atoms with E-state index in [1.807, 2.05) is 6.07 Å². The summed E-state index contributed by atoms with van der Waals surface area (Å²) in [6, 6.07) is 7.76. The van der Waals surface area contributed by atoms with Gasteiger partial charge in [-0.25, -0.2) is 8.42 Å². The zero-order chi connectivity index (χ0) is 12.5. The van der Waals surface area contributed by atoms with Crippen LogP contribution in [-0.2, 0) is 10.0 Å². The van der Waals surface area contributed by atoms with E-state index in [9.17, 15) is 8.42 Å². The monoisotopic (exact) mass is 252 g/mol. The number of hydrogen-bond acceptors (Lipinski definition) is 4. The minimum Gasteiger partial charge on any atom is -0.396 e. The van der Waals surface area contributed by atoms with Crippen molar-refractivity contribution in [1.29, 1.82) is 5.26 Å². The topological polar surface area (TPSA) is 81.4 Å². The van der Waals surface area contributed by atoms with Crippen molar-refractivity contribution in [3.63, 3.8) is 0 Å². The van der Waals surface area contributed by atoms with Gasteiger partial charge in [0, 0.05) is 25.6 Å². The number of rotatable bonds is 3. The van der Waals surface area contributed by atoms with Crippen LogP contribution >= 0.6 is 0 Å². The molecule has 0 spiro atoms. The van der Waals surface area contributed by atoms with Crippen molar-refractivity contribution in [1.82, 2.24) is 4.31 Å². The molecule has 0 amide bonds. The predicted octanol–water partition coefficient (Wildman–Crippen LogP) is 0.171. The molecule has 1 fully saturated rings. The van der Waals surface area contributed by atoms with E-state index in [1.165, 1.54) is 28.6 Å². The van der Waals surface area contributed by atoms with Crippen LogP contribution in [0.4, 0.5) is 0 Å². The first kappa shape index (κ1) is 12.0. The van der Waals surface area contributed by atoms with Crippen LogP contribution in [0.3, 0.4) is 0 Å². The molecular formula is C11H12N2O3S. The summed E-state index contributed by atoms with van der Waals surface area (Å²) in [6.07, 6.45) is 0. The van der Waals surface area contributed by atoms with E-state index in [0.29, 0.717) is 18.7 Å². The number of nitrogens with zero attached hydrogens (tertiary/aromatic N) is 2. The van der Waals surface area contributed by atoms with Crippen LogP contribution in [0, 0.1) is 17.2 Å². The predicted molar refractivity (Wildman–Crippen MR) is 60.5 cm³/mol. The smallest absolute Gasteiger partial charge is 0.243 e. The fraction of sp³-hybridized carbons (Fsp3) is 0.364. The van der Waals surface area contributed by atoms with Gasteiger partial charge in [0.05, 0.1) is 16.5 Å². The Balaban J connectivity index is 2.19. The Labute approximate surface area is 100.0 Å². The second-order valence-corrected chi connectivity index (χ2v) is 5.94. The average molecular weight is 252 g/mol. The van der Waals surface area contributed by atoms with E-state index < -0.39 is 10.0 Å². The third kappa shape index (κ3) is 2.17. The van der Waals surface area contributed by atoms with Gasteiger partial charge in [-0.3, -0.25) is 0 Å². The first-order valence-corrected chi connectivity index (χ1v) is 6.63. The van der Waals surface area contributed by atoms with E-state index in [4.69, 9.17) is 10.4 Å². The molecule has 0 aliphatic carbocycles. The highest BCUT2D eigenvalue weighted by Crippen LogP contribution is 2.24. The minimum atomic E-state index is -3.46. The van der Waals surface area contributed by atoms with Crippen LogP contribution in [0.2, 0.25) is 0 Å². The van der Waals surface area contributed by atoms with E-state index in [-0.39, 0.29) is 17.4 Å². The lowest BCUT2D eigenvalue weighted by molar-refractivity contribution is 0.117. The lowest BCUT2D eigenvalue weighted by Gasteiger charge is -2.36. The summed E-state index contributed by atoms with van der Waals surface area (Å²) in [5.74, 6) is 0.0446. The largest absolute Gasteiger partial charge is 0.396 e. The van der Waals surface area contributed by atoms with Crippen LogP contribution < -0.4 is 0 Å². The van der Waals surface area contributed by atoms with Crippen molar-refractivity contribution in [3.8, 4) is 6.07 Å². The van der Waals surface area contributed by atoms with E-state index in [1.54, 1.807) is 0 Å². The molecule has 1 aliphatic rings. The van der Waals surface area contributed by atoms with Crippen molar-refractivity contribution >= 4 is 10.0 Å². The first-order chi connectivity index (χ1) is 8.07. The van der Waals surface area contributed by atoms with Crippen LogP contribution in [0.25, 0.3) is 0 Å². The van der Waals surface area contributed by atoms with Crippen molar-refractivity contribution in [2.24, 2.45) is 5.92 Å². The summed E-state index contributed by atoms with van der Waals surface area (Å²) < 4.78 is 25.4. The number of sulfonamides is 1. The molecule has 0 bridgehead atoms. The molecule has 5 nitrogen and oxygen atoms in total. The van der Waals surface area contributed by atoms with Gasteiger partial charge in [0.15, 0.2) is 0 Å². The van der Waals surface area contributed by atoms with Gasteiger partial charge in [-0.1, -0.05) is 0 Å². The molecule has 1 aliphatic heterocycles. The van der Waals surface area contributed by atoms with Crippen molar-refractivity contribution in [2.75, 3.05) is 19.7 Å². The third-order valence-electron chi connectivity index (χ3n) is 2.80. The molecule has 1 N–H and O–H groups in total. The zero-order valence-corrected chi connectivity index (χ0v) is 9.89. The second-order valence-electron chi connectivity index (χ2n) is 4.01. The summed E-state index contributed by atoms with van der Waals surface area (Å²) in [4.78, 5) is 0.188. The van der Waals surface area contributed by atoms with Gasteiger partial charge >= 0.3 is 0 Å². The Bertz CT molecular complexity index is 539. The maximum absolute atomic E-state index is 12.0. The van der Waals surface area contributed by atoms with E-state index in [0.717, 1.165) is 0 Å². The second kappa shape index (κ2) is 4.45. The molecule has 0 atom stereocenters. The minimum absolute atomic E-state index is 0.0133. The van der Waals surface area contributed by atoms with Gasteiger partial charge in [-0.15, -0.1) is 0 Å². The lowest BCUT2D eigenvalue weighted by Crippen LogP contribution is -2.51. The summed E-state index contributed by atoms with van der Waals surface area (Å²) in [7, 11) is -3.46. The molecule has 0 unspecified atom stereocenters. The first-order valence-electron chi connectivity index (χ1n) is 5.19. The van der Waals surface area contributed by atoms with Gasteiger partial charge in [-0.05, 0) is 24.3 Å². The van der Waals surface area contributed by atoms with Gasteiger partial charge < -0.3 is 5.11 Å². The highest BCUT2D eigenvalue weighted by molar-refractivity contribution is 7.89. The van der Waals surface area contributed by atoms with Crippen molar-refractivity contribution in [2.45, 2.75) is 4.90 Å².